The second-order valence-electron chi connectivity index (χ2n) is 6.41. The molecule has 0 bridgehead atoms. The van der Waals surface area contributed by atoms with Gasteiger partial charge in [0.25, 0.3) is 0 Å². The minimum absolute atomic E-state index is 0.0212. The Labute approximate surface area is 143 Å². The Morgan fingerprint density at radius 1 is 0.826 bits per heavy atom. The van der Waals surface area contributed by atoms with E-state index in [0.29, 0.717) is 13.0 Å². The zero-order valence-electron chi connectivity index (χ0n) is 15.3. The minimum Gasteiger partial charge on any atom is -0.395 e. The first-order valence-corrected chi connectivity index (χ1v) is 9.83. The number of hydrogen-bond donors (Lipinski definition) is 2. The molecule has 0 saturated carbocycles. The molecule has 0 spiro atoms. The van der Waals surface area contributed by atoms with Gasteiger partial charge in [-0.15, -0.1) is 0 Å². The summed E-state index contributed by atoms with van der Waals surface area (Å²) in [6.45, 7) is 2.66. The Morgan fingerprint density at radius 2 is 1.35 bits per heavy atom. The lowest BCUT2D eigenvalue weighted by molar-refractivity contribution is -0.121. The van der Waals surface area contributed by atoms with E-state index in [9.17, 15) is 4.79 Å². The molecule has 136 valence electrons. The molecule has 0 aromatic heterocycles. The van der Waals surface area contributed by atoms with Crippen molar-refractivity contribution in [1.29, 1.82) is 0 Å². The number of nitrogens with one attached hydrogen (secondary N) is 1. The van der Waals surface area contributed by atoms with Crippen molar-refractivity contribution >= 4 is 5.91 Å². The van der Waals surface area contributed by atoms with Gasteiger partial charge in [0.15, 0.2) is 0 Å². The van der Waals surface area contributed by atoms with Crippen molar-refractivity contribution in [3.8, 4) is 0 Å². The van der Waals surface area contributed by atoms with Gasteiger partial charge >= 0.3 is 0 Å². The highest BCUT2D eigenvalue weighted by Crippen LogP contribution is 2.11. The van der Waals surface area contributed by atoms with Crippen molar-refractivity contribution in [1.82, 2.24) is 5.32 Å². The van der Waals surface area contributed by atoms with Crippen LogP contribution in [0.1, 0.15) is 96.8 Å². The monoisotopic (exact) mass is 325 g/mol. The molecule has 0 radical (unpaired) electrons. The van der Waals surface area contributed by atoms with Gasteiger partial charge < -0.3 is 10.4 Å². The number of amides is 1. The molecule has 1 amide bonds. The van der Waals surface area contributed by atoms with Crippen molar-refractivity contribution in [2.75, 3.05) is 13.2 Å². The first-order chi connectivity index (χ1) is 11.3. The number of rotatable bonds is 17. The van der Waals surface area contributed by atoms with E-state index < -0.39 is 0 Å². The zero-order chi connectivity index (χ0) is 17.0. The highest BCUT2D eigenvalue weighted by Gasteiger charge is 1.98. The van der Waals surface area contributed by atoms with Gasteiger partial charge in [0.1, 0.15) is 0 Å². The van der Waals surface area contributed by atoms with Gasteiger partial charge in [-0.3, -0.25) is 4.79 Å². The molecule has 0 aromatic carbocycles. The summed E-state index contributed by atoms with van der Waals surface area (Å²) >= 11 is 0. The van der Waals surface area contributed by atoms with Crippen LogP contribution in [0, 0.1) is 0 Å². The summed E-state index contributed by atoms with van der Waals surface area (Å²) in [5, 5.41) is 11.3. The Bertz CT molecular complexity index is 277. The summed E-state index contributed by atoms with van der Waals surface area (Å²) < 4.78 is 0. The Hall–Kier alpha value is -0.830. The maximum absolute atomic E-state index is 11.3. The first-order valence-electron chi connectivity index (χ1n) is 9.83. The van der Waals surface area contributed by atoms with E-state index in [0.717, 1.165) is 19.3 Å². The molecule has 0 rings (SSSR count). The lowest BCUT2D eigenvalue weighted by Crippen LogP contribution is -2.25. The molecule has 0 saturated heterocycles. The van der Waals surface area contributed by atoms with Gasteiger partial charge in [-0.25, -0.2) is 0 Å². The van der Waals surface area contributed by atoms with Crippen molar-refractivity contribution in [3.05, 3.63) is 12.2 Å². The number of aliphatic hydroxyl groups is 1. The second-order valence-corrected chi connectivity index (χ2v) is 6.41. The fourth-order valence-corrected chi connectivity index (χ4v) is 2.64. The van der Waals surface area contributed by atoms with Crippen molar-refractivity contribution in [3.63, 3.8) is 0 Å². The second kappa shape index (κ2) is 19.2. The van der Waals surface area contributed by atoms with Crippen LogP contribution in [0.5, 0.6) is 0 Å². The van der Waals surface area contributed by atoms with E-state index in [1.54, 1.807) is 0 Å². The van der Waals surface area contributed by atoms with Crippen LogP contribution in [0.2, 0.25) is 0 Å². The number of aliphatic hydroxyl groups excluding tert-OH is 1. The number of unbranched alkanes of at least 4 members (excludes halogenated alkanes) is 11. The molecule has 0 aliphatic carbocycles. The standard InChI is InChI=1S/C20H39NO2/c1-2-3-4-5-6-7-8-9-10-11-12-13-14-15-16-17-20(23)21-18-19-22/h12-13,22H,2-11,14-19H2,1H3,(H,21,23)/b13-12+. The lowest BCUT2D eigenvalue weighted by atomic mass is 10.1. The number of carbonyl (C=O) groups is 1. The molecule has 0 fully saturated rings. The van der Waals surface area contributed by atoms with E-state index in [4.69, 9.17) is 5.11 Å². The molecule has 3 nitrogen and oxygen atoms in total. The van der Waals surface area contributed by atoms with Gasteiger partial charge in [-0.2, -0.15) is 0 Å². The van der Waals surface area contributed by atoms with Crippen molar-refractivity contribution < 1.29 is 9.90 Å². The number of allylic oxidation sites excluding steroid dienone is 2. The molecule has 0 atom stereocenters. The maximum atomic E-state index is 11.3. The number of hydrogen-bond acceptors (Lipinski definition) is 2. The van der Waals surface area contributed by atoms with Gasteiger partial charge in [-0.05, 0) is 32.1 Å². The van der Waals surface area contributed by atoms with Crippen LogP contribution in [-0.2, 0) is 4.79 Å². The lowest BCUT2D eigenvalue weighted by Gasteiger charge is -2.02. The van der Waals surface area contributed by atoms with Gasteiger partial charge in [0, 0.05) is 13.0 Å². The predicted octanol–water partition coefficient (Wildman–Crippen LogP) is 5.13. The highest BCUT2D eigenvalue weighted by molar-refractivity contribution is 5.75. The smallest absolute Gasteiger partial charge is 0.220 e. The molecule has 0 aromatic rings. The highest BCUT2D eigenvalue weighted by atomic mass is 16.3. The maximum Gasteiger partial charge on any atom is 0.220 e. The third kappa shape index (κ3) is 19.1. The molecule has 23 heavy (non-hydrogen) atoms. The van der Waals surface area contributed by atoms with Crippen LogP contribution in [-0.4, -0.2) is 24.2 Å². The summed E-state index contributed by atoms with van der Waals surface area (Å²) in [6.07, 6.45) is 21.9. The molecule has 0 heterocycles. The Morgan fingerprint density at radius 3 is 1.91 bits per heavy atom. The molecule has 3 heteroatoms. The Balaban J connectivity index is 3.15. The van der Waals surface area contributed by atoms with E-state index in [-0.39, 0.29) is 12.5 Å². The quantitative estimate of drug-likeness (QED) is 0.287. The van der Waals surface area contributed by atoms with E-state index in [1.165, 1.54) is 64.2 Å². The van der Waals surface area contributed by atoms with E-state index >= 15 is 0 Å². The van der Waals surface area contributed by atoms with Gasteiger partial charge in [-0.1, -0.05) is 70.4 Å². The largest absolute Gasteiger partial charge is 0.395 e. The summed E-state index contributed by atoms with van der Waals surface area (Å²) in [5.41, 5.74) is 0. The molecule has 0 aliphatic heterocycles. The predicted molar refractivity (Wildman–Crippen MR) is 99.5 cm³/mol. The molecular weight excluding hydrogens is 286 g/mol. The fraction of sp³-hybridized carbons (Fsp3) is 0.850. The topological polar surface area (TPSA) is 49.3 Å². The molecule has 0 unspecified atom stereocenters. The fourth-order valence-electron chi connectivity index (χ4n) is 2.64. The SMILES string of the molecule is CCCCCCCCCCC/C=C/CCCCC(=O)NCCO. The third-order valence-corrected chi connectivity index (χ3v) is 4.10. The average Bonchev–Trinajstić information content (AvgIpc) is 2.56. The van der Waals surface area contributed by atoms with Crippen LogP contribution in [0.15, 0.2) is 12.2 Å². The van der Waals surface area contributed by atoms with Crippen LogP contribution in [0.3, 0.4) is 0 Å². The van der Waals surface area contributed by atoms with E-state index in [1.807, 2.05) is 0 Å². The van der Waals surface area contributed by atoms with Gasteiger partial charge in [0.05, 0.1) is 6.61 Å². The van der Waals surface area contributed by atoms with E-state index in [2.05, 4.69) is 24.4 Å². The van der Waals surface area contributed by atoms with Crippen molar-refractivity contribution in [2.45, 2.75) is 96.8 Å². The number of carbonyl (C=O) groups excluding carboxylic acids is 1. The van der Waals surface area contributed by atoms with Gasteiger partial charge in [0.2, 0.25) is 5.91 Å². The summed E-state index contributed by atoms with van der Waals surface area (Å²) in [4.78, 5) is 11.3. The summed E-state index contributed by atoms with van der Waals surface area (Å²) in [5.74, 6) is 0.0534. The average molecular weight is 326 g/mol. The van der Waals surface area contributed by atoms with Crippen LogP contribution >= 0.6 is 0 Å². The minimum atomic E-state index is 0.0212. The summed E-state index contributed by atoms with van der Waals surface area (Å²) in [6, 6.07) is 0. The van der Waals surface area contributed by atoms with Crippen LogP contribution in [0.4, 0.5) is 0 Å². The van der Waals surface area contributed by atoms with Crippen LogP contribution < -0.4 is 5.32 Å². The van der Waals surface area contributed by atoms with Crippen LogP contribution in [0.25, 0.3) is 0 Å². The molecule has 0 aliphatic rings. The van der Waals surface area contributed by atoms with Crippen molar-refractivity contribution in [2.24, 2.45) is 0 Å². The first kappa shape index (κ1) is 22.2. The summed E-state index contributed by atoms with van der Waals surface area (Å²) in [7, 11) is 0. The molecule has 2 N–H and O–H groups in total. The molecular formula is C20H39NO2. The zero-order valence-corrected chi connectivity index (χ0v) is 15.3. The Kier molecular flexibility index (Phi) is 18.5. The normalized spacial score (nSPS) is 11.2. The third-order valence-electron chi connectivity index (χ3n) is 4.10.